The van der Waals surface area contributed by atoms with Crippen LogP contribution in [0.3, 0.4) is 0 Å². The molecule has 0 saturated carbocycles. The van der Waals surface area contributed by atoms with Crippen molar-refractivity contribution in [3.63, 3.8) is 0 Å². The zero-order valence-electron chi connectivity index (χ0n) is 17.0. The molecule has 154 valence electrons. The quantitative estimate of drug-likeness (QED) is 0.771. The number of piperidine rings is 1. The Hall–Kier alpha value is -2.73. The second kappa shape index (κ2) is 9.18. The average Bonchev–Trinajstić information content (AvgIpc) is 3.22. The van der Waals surface area contributed by atoms with E-state index < -0.39 is 0 Å². The van der Waals surface area contributed by atoms with Gasteiger partial charge >= 0.3 is 0 Å². The third-order valence-electron chi connectivity index (χ3n) is 5.53. The smallest absolute Gasteiger partial charge is 0.238 e. The van der Waals surface area contributed by atoms with E-state index >= 15 is 0 Å². The molecule has 2 aliphatic heterocycles. The van der Waals surface area contributed by atoms with Gasteiger partial charge in [-0.05, 0) is 67.8 Å². The van der Waals surface area contributed by atoms with Crippen molar-refractivity contribution in [3.8, 4) is 11.5 Å². The number of likely N-dealkylation sites (N-methyl/N-ethyl adjacent to an activating group) is 1. The molecule has 2 heterocycles. The summed E-state index contributed by atoms with van der Waals surface area (Å²) in [6.07, 6.45) is 3.84. The first-order valence-corrected chi connectivity index (χ1v) is 10.5. The number of anilines is 2. The molecule has 6 nitrogen and oxygen atoms in total. The van der Waals surface area contributed by atoms with Crippen molar-refractivity contribution < 1.29 is 14.3 Å². The third-order valence-corrected chi connectivity index (χ3v) is 5.53. The molecule has 0 aromatic heterocycles. The van der Waals surface area contributed by atoms with Crippen LogP contribution in [0.15, 0.2) is 42.5 Å². The number of nitrogens with one attached hydrogen (secondary N) is 1. The second-order valence-electron chi connectivity index (χ2n) is 7.63. The summed E-state index contributed by atoms with van der Waals surface area (Å²) in [6, 6.07) is 14.1. The largest absolute Gasteiger partial charge is 0.454 e. The van der Waals surface area contributed by atoms with Crippen molar-refractivity contribution in [2.75, 3.05) is 43.2 Å². The monoisotopic (exact) mass is 395 g/mol. The highest BCUT2D eigenvalue weighted by Crippen LogP contribution is 2.32. The van der Waals surface area contributed by atoms with E-state index in [1.807, 2.05) is 30.3 Å². The van der Waals surface area contributed by atoms with Gasteiger partial charge in [0.05, 0.1) is 6.54 Å². The molecule has 29 heavy (non-hydrogen) atoms. The van der Waals surface area contributed by atoms with E-state index in [1.165, 1.54) is 24.9 Å². The second-order valence-corrected chi connectivity index (χ2v) is 7.63. The number of carbonyl (C=O) groups is 1. The minimum Gasteiger partial charge on any atom is -0.454 e. The van der Waals surface area contributed by atoms with Gasteiger partial charge in [-0.15, -0.1) is 0 Å². The topological polar surface area (TPSA) is 54.0 Å². The molecule has 1 fully saturated rings. The molecule has 4 rings (SSSR count). The number of nitrogens with zero attached hydrogens (tertiary/aromatic N) is 2. The van der Waals surface area contributed by atoms with Crippen LogP contribution in [0.25, 0.3) is 0 Å². The van der Waals surface area contributed by atoms with Gasteiger partial charge in [-0.1, -0.05) is 13.0 Å². The summed E-state index contributed by atoms with van der Waals surface area (Å²) in [5.74, 6) is 1.55. The first-order chi connectivity index (χ1) is 14.2. The number of carbonyl (C=O) groups excluding carboxylic acids is 1. The molecule has 1 amide bonds. The lowest BCUT2D eigenvalue weighted by molar-refractivity contribution is -0.117. The highest BCUT2D eigenvalue weighted by Gasteiger charge is 2.16. The fourth-order valence-corrected chi connectivity index (χ4v) is 3.89. The standard InChI is InChI=1S/C23H29N3O3/c1-2-25(15-18-6-11-21-22(14-18)29-17-28-21)16-23(27)24-19-7-9-20(10-8-19)26-12-4-3-5-13-26/h6-11,14H,2-5,12-13,15-17H2,1H3,(H,24,27). The Kier molecular flexibility index (Phi) is 6.20. The lowest BCUT2D eigenvalue weighted by atomic mass is 10.1. The fourth-order valence-electron chi connectivity index (χ4n) is 3.89. The summed E-state index contributed by atoms with van der Waals surface area (Å²) in [6.45, 7) is 6.40. The van der Waals surface area contributed by atoms with Gasteiger partial charge in [0.1, 0.15) is 0 Å². The molecular formula is C23H29N3O3. The van der Waals surface area contributed by atoms with E-state index in [0.29, 0.717) is 13.1 Å². The zero-order chi connectivity index (χ0) is 20.1. The molecule has 0 spiro atoms. The molecule has 0 bridgehead atoms. The Bertz CT molecular complexity index is 832. The summed E-state index contributed by atoms with van der Waals surface area (Å²) in [7, 11) is 0. The highest BCUT2D eigenvalue weighted by atomic mass is 16.7. The third kappa shape index (κ3) is 5.01. The van der Waals surface area contributed by atoms with E-state index in [4.69, 9.17) is 9.47 Å². The van der Waals surface area contributed by atoms with Crippen molar-refractivity contribution in [2.45, 2.75) is 32.7 Å². The van der Waals surface area contributed by atoms with E-state index in [0.717, 1.165) is 42.4 Å². The fraction of sp³-hybridized carbons (Fsp3) is 0.435. The Morgan fingerprint density at radius 3 is 2.55 bits per heavy atom. The Balaban J connectivity index is 1.30. The van der Waals surface area contributed by atoms with E-state index in [9.17, 15) is 4.79 Å². The van der Waals surface area contributed by atoms with Crippen LogP contribution in [0.5, 0.6) is 11.5 Å². The molecule has 2 aromatic carbocycles. The Labute approximate surface area is 172 Å². The van der Waals surface area contributed by atoms with Crippen molar-refractivity contribution in [1.29, 1.82) is 0 Å². The predicted molar refractivity (Wildman–Crippen MR) is 115 cm³/mol. The molecule has 2 aliphatic rings. The summed E-state index contributed by atoms with van der Waals surface area (Å²) in [4.78, 5) is 17.1. The number of hydrogen-bond donors (Lipinski definition) is 1. The van der Waals surface area contributed by atoms with Crippen molar-refractivity contribution in [1.82, 2.24) is 4.90 Å². The molecule has 1 saturated heterocycles. The molecular weight excluding hydrogens is 366 g/mol. The van der Waals surface area contributed by atoms with Crippen LogP contribution >= 0.6 is 0 Å². The molecule has 0 aliphatic carbocycles. The lowest BCUT2D eigenvalue weighted by Gasteiger charge is -2.28. The van der Waals surface area contributed by atoms with Crippen molar-refractivity contribution in [3.05, 3.63) is 48.0 Å². The normalized spacial score (nSPS) is 15.6. The number of hydrogen-bond acceptors (Lipinski definition) is 5. The van der Waals surface area contributed by atoms with Gasteiger partial charge < -0.3 is 19.7 Å². The van der Waals surface area contributed by atoms with Gasteiger partial charge in [-0.2, -0.15) is 0 Å². The summed E-state index contributed by atoms with van der Waals surface area (Å²) >= 11 is 0. The molecule has 1 N–H and O–H groups in total. The molecule has 2 aromatic rings. The molecule has 0 unspecified atom stereocenters. The van der Waals surface area contributed by atoms with E-state index in [-0.39, 0.29) is 12.7 Å². The number of amides is 1. The van der Waals surface area contributed by atoms with Crippen LogP contribution in [0.1, 0.15) is 31.7 Å². The number of ether oxygens (including phenoxy) is 2. The van der Waals surface area contributed by atoms with Gasteiger partial charge in [0.2, 0.25) is 12.7 Å². The minimum absolute atomic E-state index is 0.00156. The summed E-state index contributed by atoms with van der Waals surface area (Å²) in [5, 5.41) is 3.02. The Morgan fingerprint density at radius 2 is 1.79 bits per heavy atom. The Morgan fingerprint density at radius 1 is 1.03 bits per heavy atom. The number of benzene rings is 2. The maximum absolute atomic E-state index is 12.5. The van der Waals surface area contributed by atoms with Gasteiger partial charge in [0.25, 0.3) is 0 Å². The number of fused-ring (bicyclic) bond motifs is 1. The summed E-state index contributed by atoms with van der Waals surface area (Å²) in [5.41, 5.74) is 3.19. The zero-order valence-corrected chi connectivity index (χ0v) is 17.0. The van der Waals surface area contributed by atoms with Crippen LogP contribution in [-0.4, -0.2) is 43.8 Å². The van der Waals surface area contributed by atoms with Gasteiger partial charge in [0.15, 0.2) is 11.5 Å². The van der Waals surface area contributed by atoms with Gasteiger partial charge in [-0.25, -0.2) is 0 Å². The average molecular weight is 396 g/mol. The minimum atomic E-state index is -0.00156. The molecule has 6 heteroatoms. The van der Waals surface area contributed by atoms with Crippen LogP contribution in [-0.2, 0) is 11.3 Å². The maximum atomic E-state index is 12.5. The highest BCUT2D eigenvalue weighted by molar-refractivity contribution is 5.92. The van der Waals surface area contributed by atoms with Crippen LogP contribution in [0.2, 0.25) is 0 Å². The van der Waals surface area contributed by atoms with Crippen LogP contribution in [0, 0.1) is 0 Å². The SMILES string of the molecule is CCN(CC(=O)Nc1ccc(N2CCCCC2)cc1)Cc1ccc2c(c1)OCO2. The predicted octanol–water partition coefficient (Wildman–Crippen LogP) is 3.87. The van der Waals surface area contributed by atoms with E-state index in [1.54, 1.807) is 0 Å². The van der Waals surface area contributed by atoms with Crippen LogP contribution in [0.4, 0.5) is 11.4 Å². The molecule has 0 atom stereocenters. The van der Waals surface area contributed by atoms with E-state index in [2.05, 4.69) is 34.2 Å². The van der Waals surface area contributed by atoms with Crippen molar-refractivity contribution >= 4 is 17.3 Å². The lowest BCUT2D eigenvalue weighted by Crippen LogP contribution is -2.32. The maximum Gasteiger partial charge on any atom is 0.238 e. The summed E-state index contributed by atoms with van der Waals surface area (Å²) < 4.78 is 10.8. The number of rotatable bonds is 7. The first kappa shape index (κ1) is 19.6. The molecule has 0 radical (unpaired) electrons. The van der Waals surface area contributed by atoms with Crippen molar-refractivity contribution in [2.24, 2.45) is 0 Å². The van der Waals surface area contributed by atoms with Crippen LogP contribution < -0.4 is 19.7 Å². The van der Waals surface area contributed by atoms with Gasteiger partial charge in [0, 0.05) is 31.0 Å². The van der Waals surface area contributed by atoms with Gasteiger partial charge in [-0.3, -0.25) is 9.69 Å². The first-order valence-electron chi connectivity index (χ1n) is 10.5.